The van der Waals surface area contributed by atoms with Gasteiger partial charge in [0.1, 0.15) is 6.54 Å². The van der Waals surface area contributed by atoms with Crippen molar-refractivity contribution >= 4 is 16.2 Å². The van der Waals surface area contributed by atoms with Crippen molar-refractivity contribution in [3.8, 4) is 0 Å². The summed E-state index contributed by atoms with van der Waals surface area (Å²) in [5.41, 5.74) is -1.92. The average molecular weight is 292 g/mol. The third-order valence-corrected chi connectivity index (χ3v) is 3.41. The van der Waals surface area contributed by atoms with Gasteiger partial charge in [-0.05, 0) is 0 Å². The normalized spacial score (nSPS) is 25.3. The fraction of sp³-hybridized carbons (Fsp3) is 0.857. The van der Waals surface area contributed by atoms with Crippen LogP contribution in [-0.4, -0.2) is 51.0 Å². The Bertz CT molecular complexity index is 415. The highest BCUT2D eigenvalue weighted by atomic mass is 32.2. The van der Waals surface area contributed by atoms with Gasteiger partial charge in [0.15, 0.2) is 5.54 Å². The fourth-order valence-electron chi connectivity index (χ4n) is 1.33. The van der Waals surface area contributed by atoms with Crippen LogP contribution in [0.5, 0.6) is 0 Å². The van der Waals surface area contributed by atoms with E-state index < -0.39 is 41.0 Å². The second-order valence-corrected chi connectivity index (χ2v) is 5.23. The molecule has 18 heavy (non-hydrogen) atoms. The zero-order chi connectivity index (χ0) is 14.0. The summed E-state index contributed by atoms with van der Waals surface area (Å²) in [7, 11) is -4.58. The summed E-state index contributed by atoms with van der Waals surface area (Å²) in [6, 6.07) is 0. The predicted octanol–water partition coefficient (Wildman–Crippen LogP) is -0.784. The van der Waals surface area contributed by atoms with E-state index in [1.165, 1.54) is 4.72 Å². The van der Waals surface area contributed by atoms with E-state index in [2.05, 4.69) is 0 Å². The number of carbonyl (C=O) groups is 1. The first-order chi connectivity index (χ1) is 8.06. The first kappa shape index (κ1) is 15.1. The summed E-state index contributed by atoms with van der Waals surface area (Å²) < 4.78 is 65.8. The second kappa shape index (κ2) is 4.99. The van der Waals surface area contributed by atoms with Crippen LogP contribution in [0, 0.1) is 0 Å². The van der Waals surface area contributed by atoms with Crippen molar-refractivity contribution in [2.45, 2.75) is 18.1 Å². The third kappa shape index (κ3) is 4.08. The molecule has 0 amide bonds. The minimum atomic E-state index is -4.72. The Balaban J connectivity index is 2.72. The van der Waals surface area contributed by atoms with Crippen LogP contribution >= 0.6 is 0 Å². The molecule has 1 fully saturated rings. The van der Waals surface area contributed by atoms with E-state index in [9.17, 15) is 26.4 Å². The van der Waals surface area contributed by atoms with Gasteiger partial charge in [-0.2, -0.15) is 31.0 Å². The van der Waals surface area contributed by atoms with Crippen LogP contribution in [0.25, 0.3) is 0 Å². The number of halogens is 3. The maximum absolute atomic E-state index is 11.9. The molecule has 1 aliphatic heterocycles. The number of alkyl halides is 3. The topological polar surface area (TPSA) is 105 Å². The van der Waals surface area contributed by atoms with E-state index >= 15 is 0 Å². The monoisotopic (exact) mass is 292 g/mol. The van der Waals surface area contributed by atoms with Gasteiger partial charge < -0.3 is 9.84 Å². The van der Waals surface area contributed by atoms with Gasteiger partial charge in [0.2, 0.25) is 0 Å². The Labute approximate surface area is 100 Å². The van der Waals surface area contributed by atoms with Crippen LogP contribution in [-0.2, 0) is 19.7 Å². The van der Waals surface area contributed by atoms with Crippen molar-refractivity contribution in [1.82, 2.24) is 9.44 Å². The van der Waals surface area contributed by atoms with E-state index in [1.807, 2.05) is 0 Å². The van der Waals surface area contributed by atoms with Crippen molar-refractivity contribution in [2.24, 2.45) is 0 Å². The summed E-state index contributed by atoms with van der Waals surface area (Å²) in [6.07, 6.45) is -4.88. The van der Waals surface area contributed by atoms with Crippen LogP contribution in [0.1, 0.15) is 6.42 Å². The summed E-state index contributed by atoms with van der Waals surface area (Å²) in [5.74, 6) is -1.50. The molecule has 1 aliphatic rings. The summed E-state index contributed by atoms with van der Waals surface area (Å²) >= 11 is 0. The number of rotatable bonds is 5. The molecule has 7 nitrogen and oxygen atoms in total. The van der Waals surface area contributed by atoms with Gasteiger partial charge in [-0.25, -0.2) is 0 Å². The van der Waals surface area contributed by atoms with Gasteiger partial charge in [-0.15, -0.1) is 0 Å². The molecule has 0 aromatic heterocycles. The molecular formula is C7H11F3N2O5S. The predicted molar refractivity (Wildman–Crippen MR) is 51.9 cm³/mol. The van der Waals surface area contributed by atoms with Gasteiger partial charge in [-0.3, -0.25) is 4.79 Å². The second-order valence-electron chi connectivity index (χ2n) is 3.73. The van der Waals surface area contributed by atoms with E-state index in [-0.39, 0.29) is 13.0 Å². The van der Waals surface area contributed by atoms with Gasteiger partial charge >= 0.3 is 12.1 Å². The van der Waals surface area contributed by atoms with Crippen molar-refractivity contribution in [2.75, 3.05) is 19.8 Å². The zero-order valence-electron chi connectivity index (χ0n) is 8.95. The lowest BCUT2D eigenvalue weighted by Gasteiger charge is -2.23. The number of carboxylic acid groups (broad SMARTS) is 1. The molecule has 0 aromatic carbocycles. The Morgan fingerprint density at radius 2 is 2.06 bits per heavy atom. The Hall–Kier alpha value is -0.910. The van der Waals surface area contributed by atoms with Gasteiger partial charge in [0.05, 0.1) is 6.61 Å². The van der Waals surface area contributed by atoms with Crippen molar-refractivity contribution < 1.29 is 36.2 Å². The van der Waals surface area contributed by atoms with E-state index in [0.717, 1.165) is 0 Å². The van der Waals surface area contributed by atoms with Crippen molar-refractivity contribution in [1.29, 1.82) is 0 Å². The van der Waals surface area contributed by atoms with Crippen LogP contribution < -0.4 is 9.44 Å². The molecule has 0 aliphatic carbocycles. The maximum atomic E-state index is 11.9. The smallest absolute Gasteiger partial charge is 0.402 e. The van der Waals surface area contributed by atoms with Crippen molar-refractivity contribution in [3.63, 3.8) is 0 Å². The molecule has 1 rings (SSSR count). The quantitative estimate of drug-likeness (QED) is 0.616. The lowest BCUT2D eigenvalue weighted by molar-refractivity contribution is -0.144. The standard InChI is InChI=1S/C7H11F3N2O5S/c8-7(9,10)3-11-18(15,16)12-6(5(13)14)1-2-17-4-6/h11-12H,1-4H2,(H,13,14). The molecule has 3 N–H and O–H groups in total. The molecule has 0 spiro atoms. The van der Waals surface area contributed by atoms with E-state index in [4.69, 9.17) is 9.84 Å². The summed E-state index contributed by atoms with van der Waals surface area (Å²) in [6.45, 7) is -2.21. The molecule has 106 valence electrons. The molecule has 0 radical (unpaired) electrons. The molecule has 11 heteroatoms. The minimum Gasteiger partial charge on any atom is -0.480 e. The lowest BCUT2D eigenvalue weighted by Crippen LogP contribution is -2.58. The molecule has 0 bridgehead atoms. The average Bonchev–Trinajstić information content (AvgIpc) is 2.63. The molecule has 1 unspecified atom stereocenters. The Kier molecular flexibility index (Phi) is 4.20. The van der Waals surface area contributed by atoms with Gasteiger partial charge in [-0.1, -0.05) is 0 Å². The van der Waals surface area contributed by atoms with Crippen LogP contribution in [0.3, 0.4) is 0 Å². The number of nitrogens with one attached hydrogen (secondary N) is 2. The van der Waals surface area contributed by atoms with E-state index in [1.54, 1.807) is 4.72 Å². The van der Waals surface area contributed by atoms with Crippen molar-refractivity contribution in [3.05, 3.63) is 0 Å². The SMILES string of the molecule is O=C(O)C1(NS(=O)(=O)NCC(F)(F)F)CCOC1. The van der Waals surface area contributed by atoms with Crippen LogP contribution in [0.15, 0.2) is 0 Å². The molecule has 0 aromatic rings. The number of hydrogen-bond donors (Lipinski definition) is 3. The largest absolute Gasteiger partial charge is 0.480 e. The van der Waals surface area contributed by atoms with E-state index in [0.29, 0.717) is 0 Å². The van der Waals surface area contributed by atoms with Crippen LogP contribution in [0.4, 0.5) is 13.2 Å². The number of hydrogen-bond acceptors (Lipinski definition) is 4. The highest BCUT2D eigenvalue weighted by Crippen LogP contribution is 2.20. The number of ether oxygens (including phenoxy) is 1. The number of aliphatic carboxylic acids is 1. The molecule has 0 saturated carbocycles. The third-order valence-electron chi connectivity index (χ3n) is 2.22. The molecule has 1 saturated heterocycles. The molecule has 1 atom stereocenters. The zero-order valence-corrected chi connectivity index (χ0v) is 9.77. The number of carboxylic acids is 1. The molecular weight excluding hydrogens is 281 g/mol. The first-order valence-corrected chi connectivity index (χ1v) is 6.21. The molecule has 1 heterocycles. The van der Waals surface area contributed by atoms with Crippen LogP contribution in [0.2, 0.25) is 0 Å². The van der Waals surface area contributed by atoms with Gasteiger partial charge in [0, 0.05) is 13.0 Å². The minimum absolute atomic E-state index is 0.00803. The first-order valence-electron chi connectivity index (χ1n) is 4.73. The highest BCUT2D eigenvalue weighted by molar-refractivity contribution is 7.87. The summed E-state index contributed by atoms with van der Waals surface area (Å²) in [5, 5.41) is 8.90. The Morgan fingerprint density at radius 1 is 1.44 bits per heavy atom. The van der Waals surface area contributed by atoms with Gasteiger partial charge in [0.25, 0.3) is 10.2 Å². The Morgan fingerprint density at radius 3 is 2.44 bits per heavy atom. The maximum Gasteiger partial charge on any atom is 0.402 e. The highest BCUT2D eigenvalue weighted by Gasteiger charge is 2.46. The fourth-order valence-corrected chi connectivity index (χ4v) is 2.52. The summed E-state index contributed by atoms with van der Waals surface area (Å²) in [4.78, 5) is 10.9. The lowest BCUT2D eigenvalue weighted by atomic mass is 10.0.